The fourth-order valence-corrected chi connectivity index (χ4v) is 4.35. The van der Waals surface area contributed by atoms with Crippen molar-refractivity contribution in [3.05, 3.63) is 64.0 Å². The molecule has 0 unspecified atom stereocenters. The van der Waals surface area contributed by atoms with Gasteiger partial charge in [0.1, 0.15) is 0 Å². The van der Waals surface area contributed by atoms with E-state index in [0.29, 0.717) is 26.2 Å². The second kappa shape index (κ2) is 8.43. The minimum atomic E-state index is -0.123. The zero-order valence-corrected chi connectivity index (χ0v) is 16.3. The molecule has 3 aromatic rings. The Bertz CT molecular complexity index is 971. The highest BCUT2D eigenvalue weighted by Gasteiger charge is 2.11. The highest BCUT2D eigenvalue weighted by Crippen LogP contribution is 2.23. The third kappa shape index (κ3) is 4.29. The molecule has 0 radical (unpaired) electrons. The van der Waals surface area contributed by atoms with Crippen LogP contribution in [0.15, 0.2) is 47.5 Å². The van der Waals surface area contributed by atoms with Crippen LogP contribution in [0.2, 0.25) is 0 Å². The molecule has 0 saturated heterocycles. The van der Waals surface area contributed by atoms with E-state index in [-0.39, 0.29) is 5.91 Å². The van der Waals surface area contributed by atoms with Crippen molar-refractivity contribution in [3.8, 4) is 0 Å². The molecule has 0 aliphatic heterocycles. The van der Waals surface area contributed by atoms with Crippen molar-refractivity contribution in [2.24, 2.45) is 4.99 Å². The first-order valence-corrected chi connectivity index (χ1v) is 9.70. The van der Waals surface area contributed by atoms with Gasteiger partial charge in [-0.3, -0.25) is 4.79 Å². The van der Waals surface area contributed by atoms with Crippen molar-refractivity contribution in [3.63, 3.8) is 0 Å². The van der Waals surface area contributed by atoms with Crippen molar-refractivity contribution in [1.82, 2.24) is 4.57 Å². The van der Waals surface area contributed by atoms with Gasteiger partial charge in [0.2, 0.25) is 0 Å². The smallest absolute Gasteiger partial charge is 0.252 e. The summed E-state index contributed by atoms with van der Waals surface area (Å²) in [4.78, 5) is 17.7. The second-order valence-electron chi connectivity index (χ2n) is 6.33. The fourth-order valence-electron chi connectivity index (χ4n) is 3.10. The Morgan fingerprint density at radius 3 is 2.69 bits per heavy atom. The molecule has 0 aliphatic carbocycles. The molecule has 3 rings (SSSR count). The van der Waals surface area contributed by atoms with E-state index in [2.05, 4.69) is 35.5 Å². The van der Waals surface area contributed by atoms with Crippen LogP contribution >= 0.6 is 11.3 Å². The van der Waals surface area contributed by atoms with Crippen LogP contribution in [0.3, 0.4) is 0 Å². The highest BCUT2D eigenvalue weighted by molar-refractivity contribution is 7.16. The van der Waals surface area contributed by atoms with Crippen molar-refractivity contribution in [2.45, 2.75) is 33.7 Å². The summed E-state index contributed by atoms with van der Waals surface area (Å²) in [5.41, 5.74) is 4.54. The summed E-state index contributed by atoms with van der Waals surface area (Å²) < 4.78 is 8.81. The number of carbonyl (C=O) groups excluding carboxylic acids is 1. The zero-order valence-electron chi connectivity index (χ0n) is 15.5. The number of amides is 1. The first kappa shape index (κ1) is 18.5. The van der Waals surface area contributed by atoms with Gasteiger partial charge in [-0.15, -0.1) is 0 Å². The van der Waals surface area contributed by atoms with Gasteiger partial charge in [0, 0.05) is 13.2 Å². The number of rotatable bonds is 6. The number of aryl methyl sites for hydroxylation is 2. The lowest BCUT2D eigenvalue weighted by atomic mass is 10.1. The van der Waals surface area contributed by atoms with Crippen molar-refractivity contribution in [1.29, 1.82) is 0 Å². The number of thiazole rings is 1. The van der Waals surface area contributed by atoms with E-state index in [0.717, 1.165) is 20.6 Å². The molecule has 1 heterocycles. The van der Waals surface area contributed by atoms with Crippen LogP contribution in [0.25, 0.3) is 10.2 Å². The van der Waals surface area contributed by atoms with Gasteiger partial charge >= 0.3 is 0 Å². The molecule has 136 valence electrons. The van der Waals surface area contributed by atoms with Gasteiger partial charge in [0.15, 0.2) is 4.80 Å². The van der Waals surface area contributed by atoms with Crippen LogP contribution in [0.4, 0.5) is 0 Å². The third-order valence-electron chi connectivity index (χ3n) is 4.19. The first-order chi connectivity index (χ1) is 12.6. The van der Waals surface area contributed by atoms with Crippen molar-refractivity contribution >= 4 is 27.5 Å². The van der Waals surface area contributed by atoms with E-state index in [4.69, 9.17) is 4.74 Å². The zero-order chi connectivity index (χ0) is 18.5. The molecule has 5 heteroatoms. The summed E-state index contributed by atoms with van der Waals surface area (Å²) in [7, 11) is 0. The normalized spacial score (nSPS) is 12.0. The van der Waals surface area contributed by atoms with E-state index in [1.165, 1.54) is 11.1 Å². The predicted octanol–water partition coefficient (Wildman–Crippen LogP) is 4.03. The van der Waals surface area contributed by atoms with Crippen LogP contribution < -0.4 is 4.80 Å². The molecule has 0 bridgehead atoms. The Balaban J connectivity index is 2.01. The van der Waals surface area contributed by atoms with Gasteiger partial charge in [0.05, 0.1) is 23.2 Å². The van der Waals surface area contributed by atoms with Gasteiger partial charge in [-0.25, -0.2) is 0 Å². The molecule has 0 aliphatic rings. The highest BCUT2D eigenvalue weighted by atomic mass is 32.1. The van der Waals surface area contributed by atoms with Gasteiger partial charge in [0.25, 0.3) is 5.91 Å². The van der Waals surface area contributed by atoms with Crippen LogP contribution in [-0.2, 0) is 22.5 Å². The second-order valence-corrected chi connectivity index (χ2v) is 7.34. The van der Waals surface area contributed by atoms with Crippen LogP contribution in [0.5, 0.6) is 0 Å². The lowest BCUT2D eigenvalue weighted by Crippen LogP contribution is -2.20. The topological polar surface area (TPSA) is 43.6 Å². The van der Waals surface area contributed by atoms with E-state index in [1.807, 2.05) is 37.3 Å². The SMILES string of the molecule is CCOCCn1c(=NC(=O)Cc2ccccc2)sc2cc(C)cc(C)c21. The summed E-state index contributed by atoms with van der Waals surface area (Å²) in [5.74, 6) is -0.123. The quantitative estimate of drug-likeness (QED) is 0.617. The van der Waals surface area contributed by atoms with Gasteiger partial charge in [-0.2, -0.15) is 4.99 Å². The Hall–Kier alpha value is -2.24. The number of hydrogen-bond donors (Lipinski definition) is 0. The standard InChI is InChI=1S/C21H24N2O2S/c1-4-25-11-10-23-20-16(3)12-15(2)13-18(20)26-21(23)22-19(24)14-17-8-6-5-7-9-17/h5-9,12-13H,4,10-11,14H2,1-3H3. The molecule has 26 heavy (non-hydrogen) atoms. The maximum Gasteiger partial charge on any atom is 0.252 e. The lowest BCUT2D eigenvalue weighted by Gasteiger charge is -2.08. The van der Waals surface area contributed by atoms with E-state index in [9.17, 15) is 4.79 Å². The largest absolute Gasteiger partial charge is 0.380 e. The Kier molecular flexibility index (Phi) is 6.01. The number of aromatic nitrogens is 1. The average Bonchev–Trinajstić information content (AvgIpc) is 2.93. The maximum absolute atomic E-state index is 12.5. The molecule has 1 amide bonds. The number of fused-ring (bicyclic) bond motifs is 1. The summed E-state index contributed by atoms with van der Waals surface area (Å²) in [6.45, 7) is 8.16. The average molecular weight is 369 g/mol. The summed E-state index contributed by atoms with van der Waals surface area (Å²) >= 11 is 1.57. The van der Waals surface area contributed by atoms with Gasteiger partial charge in [-0.1, -0.05) is 47.7 Å². The van der Waals surface area contributed by atoms with Gasteiger partial charge < -0.3 is 9.30 Å². The van der Waals surface area contributed by atoms with E-state index >= 15 is 0 Å². The molecular formula is C21H24N2O2S. The summed E-state index contributed by atoms with van der Waals surface area (Å²) in [5, 5.41) is 0. The van der Waals surface area contributed by atoms with Gasteiger partial charge in [-0.05, 0) is 43.5 Å². The van der Waals surface area contributed by atoms with Crippen molar-refractivity contribution < 1.29 is 9.53 Å². The molecule has 2 aromatic carbocycles. The van der Waals surface area contributed by atoms with Crippen LogP contribution in [0.1, 0.15) is 23.6 Å². The predicted molar refractivity (Wildman–Crippen MR) is 106 cm³/mol. The molecule has 0 N–H and O–H groups in total. The number of carbonyl (C=O) groups is 1. The van der Waals surface area contributed by atoms with E-state index < -0.39 is 0 Å². The number of hydrogen-bond acceptors (Lipinski definition) is 3. The fraction of sp³-hybridized carbons (Fsp3) is 0.333. The maximum atomic E-state index is 12.5. The Labute approximate surface area is 157 Å². The van der Waals surface area contributed by atoms with Crippen LogP contribution in [-0.4, -0.2) is 23.7 Å². The first-order valence-electron chi connectivity index (χ1n) is 8.88. The monoisotopic (exact) mass is 368 g/mol. The molecule has 0 fully saturated rings. The molecule has 0 saturated carbocycles. The number of ether oxygens (including phenoxy) is 1. The van der Waals surface area contributed by atoms with E-state index in [1.54, 1.807) is 11.3 Å². The molecule has 0 spiro atoms. The minimum absolute atomic E-state index is 0.123. The molecule has 0 atom stereocenters. The van der Waals surface area contributed by atoms with Crippen molar-refractivity contribution in [2.75, 3.05) is 13.2 Å². The minimum Gasteiger partial charge on any atom is -0.380 e. The number of nitrogens with zero attached hydrogens (tertiary/aromatic N) is 2. The Morgan fingerprint density at radius 1 is 1.19 bits per heavy atom. The molecule has 4 nitrogen and oxygen atoms in total. The van der Waals surface area contributed by atoms with Crippen LogP contribution in [0, 0.1) is 13.8 Å². The summed E-state index contributed by atoms with van der Waals surface area (Å²) in [6.07, 6.45) is 0.318. The number of benzene rings is 2. The molecular weight excluding hydrogens is 344 g/mol. The lowest BCUT2D eigenvalue weighted by molar-refractivity contribution is -0.117. The Morgan fingerprint density at radius 2 is 1.96 bits per heavy atom. The third-order valence-corrected chi connectivity index (χ3v) is 5.22. The summed E-state index contributed by atoms with van der Waals surface area (Å²) in [6, 6.07) is 14.1. The molecule has 1 aromatic heterocycles.